The molecular weight excluding hydrogens is 202 g/mol. The first-order valence-electron chi connectivity index (χ1n) is 6.41. The van der Waals surface area contributed by atoms with Crippen LogP contribution in [0.15, 0.2) is 0 Å². The van der Waals surface area contributed by atoms with Gasteiger partial charge in [-0.15, -0.1) is 0 Å². The molecule has 1 aliphatic heterocycles. The summed E-state index contributed by atoms with van der Waals surface area (Å²) in [5.74, 6) is 0.208. The highest BCUT2D eigenvalue weighted by Gasteiger charge is 2.28. The molecule has 0 spiro atoms. The van der Waals surface area contributed by atoms with Crippen LogP contribution in [-0.2, 0) is 4.79 Å². The van der Waals surface area contributed by atoms with Gasteiger partial charge in [0.2, 0.25) is 0 Å². The van der Waals surface area contributed by atoms with Crippen molar-refractivity contribution in [3.8, 4) is 0 Å². The molecule has 0 aromatic carbocycles. The fourth-order valence-corrected chi connectivity index (χ4v) is 2.16. The third-order valence-corrected chi connectivity index (χ3v) is 3.92. The second-order valence-electron chi connectivity index (χ2n) is 5.63. The number of nitrogens with zero attached hydrogens (tertiary/aromatic N) is 1. The monoisotopic (exact) mass is 227 g/mol. The molecule has 1 N–H and O–H groups in total. The third-order valence-electron chi connectivity index (χ3n) is 3.92. The van der Waals surface area contributed by atoms with E-state index >= 15 is 0 Å². The lowest BCUT2D eigenvalue weighted by Gasteiger charge is -2.33. The Morgan fingerprint density at radius 3 is 2.38 bits per heavy atom. The van der Waals surface area contributed by atoms with Crippen LogP contribution < -0.4 is 0 Å². The Balaban J connectivity index is 2.27. The third kappa shape index (κ3) is 3.78. The molecule has 0 bridgehead atoms. The van der Waals surface area contributed by atoms with Crippen LogP contribution in [0.3, 0.4) is 0 Å². The summed E-state index contributed by atoms with van der Waals surface area (Å²) < 4.78 is 0. The van der Waals surface area contributed by atoms with Crippen LogP contribution in [0, 0.1) is 11.3 Å². The van der Waals surface area contributed by atoms with E-state index in [4.69, 9.17) is 5.11 Å². The SMILES string of the molecule is CCC1CCN(CCC(C)(C)C(=O)O)CC1. The number of rotatable bonds is 5. The fraction of sp³-hybridized carbons (Fsp3) is 0.923. The zero-order chi connectivity index (χ0) is 12.2. The van der Waals surface area contributed by atoms with E-state index in [9.17, 15) is 4.79 Å². The summed E-state index contributed by atoms with van der Waals surface area (Å²) in [5.41, 5.74) is -0.582. The lowest BCUT2D eigenvalue weighted by molar-refractivity contribution is -0.147. The number of hydrogen-bond acceptors (Lipinski definition) is 2. The average Bonchev–Trinajstić information content (AvgIpc) is 2.27. The molecule has 3 heteroatoms. The van der Waals surface area contributed by atoms with Crippen LogP contribution in [0.1, 0.15) is 46.5 Å². The van der Waals surface area contributed by atoms with Crippen LogP contribution >= 0.6 is 0 Å². The predicted octanol–water partition coefficient (Wildman–Crippen LogP) is 2.61. The summed E-state index contributed by atoms with van der Waals surface area (Å²) in [4.78, 5) is 13.4. The Labute approximate surface area is 98.8 Å². The zero-order valence-electron chi connectivity index (χ0n) is 10.8. The van der Waals surface area contributed by atoms with Gasteiger partial charge in [0.1, 0.15) is 0 Å². The molecule has 1 rings (SSSR count). The van der Waals surface area contributed by atoms with Gasteiger partial charge in [-0.1, -0.05) is 13.3 Å². The first-order chi connectivity index (χ1) is 7.45. The molecule has 0 radical (unpaired) electrons. The summed E-state index contributed by atoms with van der Waals surface area (Å²) in [6, 6.07) is 0. The summed E-state index contributed by atoms with van der Waals surface area (Å²) in [7, 11) is 0. The Hall–Kier alpha value is -0.570. The van der Waals surface area contributed by atoms with Gasteiger partial charge in [-0.3, -0.25) is 4.79 Å². The summed E-state index contributed by atoms with van der Waals surface area (Å²) >= 11 is 0. The van der Waals surface area contributed by atoms with E-state index in [1.807, 2.05) is 13.8 Å². The van der Waals surface area contributed by atoms with E-state index in [0.29, 0.717) is 0 Å². The number of hydrogen-bond donors (Lipinski definition) is 1. The molecule has 94 valence electrons. The molecule has 1 aliphatic rings. The van der Waals surface area contributed by atoms with Crippen molar-refractivity contribution in [1.29, 1.82) is 0 Å². The van der Waals surface area contributed by atoms with Crippen LogP contribution in [0.2, 0.25) is 0 Å². The van der Waals surface area contributed by atoms with Gasteiger partial charge in [-0.25, -0.2) is 0 Å². The van der Waals surface area contributed by atoms with E-state index in [0.717, 1.165) is 32.0 Å². The van der Waals surface area contributed by atoms with Gasteiger partial charge in [-0.2, -0.15) is 0 Å². The van der Waals surface area contributed by atoms with E-state index in [-0.39, 0.29) is 0 Å². The lowest BCUT2D eigenvalue weighted by Crippen LogP contribution is -2.37. The maximum Gasteiger partial charge on any atom is 0.309 e. The second-order valence-corrected chi connectivity index (χ2v) is 5.63. The molecule has 0 unspecified atom stereocenters. The van der Waals surface area contributed by atoms with Gasteiger partial charge >= 0.3 is 5.97 Å². The van der Waals surface area contributed by atoms with Crippen molar-refractivity contribution in [2.45, 2.75) is 46.5 Å². The van der Waals surface area contributed by atoms with E-state index in [1.165, 1.54) is 19.3 Å². The lowest BCUT2D eigenvalue weighted by atomic mass is 9.88. The summed E-state index contributed by atoms with van der Waals surface area (Å²) in [5, 5.41) is 9.03. The molecule has 16 heavy (non-hydrogen) atoms. The Bertz CT molecular complexity index is 230. The molecule has 0 aliphatic carbocycles. The van der Waals surface area contributed by atoms with Crippen LogP contribution in [0.4, 0.5) is 0 Å². The highest BCUT2D eigenvalue weighted by Crippen LogP contribution is 2.24. The fourth-order valence-electron chi connectivity index (χ4n) is 2.16. The molecule has 0 atom stereocenters. The van der Waals surface area contributed by atoms with Gasteiger partial charge in [0.25, 0.3) is 0 Å². The quantitative estimate of drug-likeness (QED) is 0.785. The van der Waals surface area contributed by atoms with Crippen molar-refractivity contribution in [3.63, 3.8) is 0 Å². The Morgan fingerprint density at radius 1 is 1.38 bits per heavy atom. The van der Waals surface area contributed by atoms with Crippen molar-refractivity contribution < 1.29 is 9.90 Å². The minimum absolute atomic E-state index is 0.582. The molecule has 0 saturated carbocycles. The maximum atomic E-state index is 11.0. The number of aliphatic carboxylic acids is 1. The second kappa shape index (κ2) is 5.67. The van der Waals surface area contributed by atoms with Gasteiger partial charge in [-0.05, 0) is 58.7 Å². The van der Waals surface area contributed by atoms with E-state index in [1.54, 1.807) is 0 Å². The molecule has 1 saturated heterocycles. The summed E-state index contributed by atoms with van der Waals surface area (Å²) in [6.45, 7) is 9.11. The molecule has 1 heterocycles. The van der Waals surface area contributed by atoms with Gasteiger partial charge in [0, 0.05) is 0 Å². The molecular formula is C13H25NO2. The van der Waals surface area contributed by atoms with E-state index in [2.05, 4.69) is 11.8 Å². The number of piperidine rings is 1. The topological polar surface area (TPSA) is 40.5 Å². The standard InChI is InChI=1S/C13H25NO2/c1-4-11-5-8-14(9-6-11)10-7-13(2,3)12(15)16/h11H,4-10H2,1-3H3,(H,15,16). The number of carboxylic acid groups (broad SMARTS) is 1. The smallest absolute Gasteiger partial charge is 0.309 e. The van der Waals surface area contributed by atoms with E-state index < -0.39 is 11.4 Å². The highest BCUT2D eigenvalue weighted by molar-refractivity contribution is 5.73. The minimum atomic E-state index is -0.684. The van der Waals surface area contributed by atoms with Crippen LogP contribution in [0.25, 0.3) is 0 Å². The maximum absolute atomic E-state index is 11.0. The largest absolute Gasteiger partial charge is 0.481 e. The molecule has 0 amide bonds. The van der Waals surface area contributed by atoms with Crippen molar-refractivity contribution in [1.82, 2.24) is 4.90 Å². The number of likely N-dealkylation sites (tertiary alicyclic amines) is 1. The van der Waals surface area contributed by atoms with Crippen molar-refractivity contribution >= 4 is 5.97 Å². The number of carbonyl (C=O) groups is 1. The molecule has 0 aromatic heterocycles. The van der Waals surface area contributed by atoms with Gasteiger partial charge in [0.05, 0.1) is 5.41 Å². The van der Waals surface area contributed by atoms with Crippen LogP contribution in [0.5, 0.6) is 0 Å². The predicted molar refractivity (Wildman–Crippen MR) is 65.5 cm³/mol. The zero-order valence-corrected chi connectivity index (χ0v) is 10.8. The molecule has 0 aromatic rings. The molecule has 3 nitrogen and oxygen atoms in total. The molecule has 1 fully saturated rings. The first-order valence-corrected chi connectivity index (χ1v) is 6.41. The van der Waals surface area contributed by atoms with Gasteiger partial charge in [0.15, 0.2) is 0 Å². The van der Waals surface area contributed by atoms with Crippen molar-refractivity contribution in [2.75, 3.05) is 19.6 Å². The first kappa shape index (κ1) is 13.5. The summed E-state index contributed by atoms with van der Waals surface area (Å²) in [6.07, 6.45) is 4.60. The van der Waals surface area contributed by atoms with Crippen molar-refractivity contribution in [2.24, 2.45) is 11.3 Å². The highest BCUT2D eigenvalue weighted by atomic mass is 16.4. The van der Waals surface area contributed by atoms with Crippen molar-refractivity contribution in [3.05, 3.63) is 0 Å². The van der Waals surface area contributed by atoms with Crippen LogP contribution in [-0.4, -0.2) is 35.6 Å². The number of carboxylic acids is 1. The Kier molecular flexibility index (Phi) is 4.78. The minimum Gasteiger partial charge on any atom is -0.481 e. The van der Waals surface area contributed by atoms with Gasteiger partial charge < -0.3 is 10.0 Å². The normalized spacial score (nSPS) is 19.9. The Morgan fingerprint density at radius 2 is 1.94 bits per heavy atom. The average molecular weight is 227 g/mol.